The smallest absolute Gasteiger partial charge is 0.384 e. The minimum atomic E-state index is -5.00. The summed E-state index contributed by atoms with van der Waals surface area (Å²) in [6.45, 7) is 2.45. The molecule has 4 aromatic heterocycles. The van der Waals surface area contributed by atoms with Gasteiger partial charge in [0.05, 0.1) is 35.2 Å². The highest BCUT2D eigenvalue weighted by Gasteiger charge is 2.36. The van der Waals surface area contributed by atoms with Crippen LogP contribution in [0.25, 0.3) is 16.7 Å². The van der Waals surface area contributed by atoms with Crippen LogP contribution in [0.2, 0.25) is 0 Å². The van der Waals surface area contributed by atoms with Crippen LogP contribution < -0.4 is 26.0 Å². The summed E-state index contributed by atoms with van der Waals surface area (Å²) in [5.41, 5.74) is 2.23. The highest BCUT2D eigenvalue weighted by molar-refractivity contribution is 6.08. The van der Waals surface area contributed by atoms with E-state index < -0.39 is 30.1 Å². The van der Waals surface area contributed by atoms with Crippen molar-refractivity contribution in [2.24, 2.45) is 13.0 Å². The number of alkyl halides is 3. The van der Waals surface area contributed by atoms with Crippen molar-refractivity contribution in [3.63, 3.8) is 0 Å². The van der Waals surface area contributed by atoms with Crippen molar-refractivity contribution in [3.05, 3.63) is 65.1 Å². The average molecular weight is 778 g/mol. The maximum atomic E-state index is 13.4. The Bertz CT molecular complexity index is 2350. The number of imidazole rings is 1. The number of piperidine rings is 2. The SMILES string of the molecule is CN(CC1CCC(n2cc(NC(=O)c3cnn4cccnc34)c(OC(F)(F)F)n2)CC1)C1CCN(c2cccc3c2n(C)c(=O)n3C2CCC(=O)NC2=O)CC1. The van der Waals surface area contributed by atoms with Crippen molar-refractivity contribution in [2.75, 3.05) is 36.9 Å². The molecule has 1 aromatic carbocycles. The molecule has 1 aliphatic carbocycles. The molecule has 0 radical (unpaired) electrons. The van der Waals surface area contributed by atoms with E-state index in [0.29, 0.717) is 30.3 Å². The Morgan fingerprint density at radius 1 is 1.05 bits per heavy atom. The van der Waals surface area contributed by atoms with Gasteiger partial charge in [-0.2, -0.15) is 5.10 Å². The van der Waals surface area contributed by atoms with Gasteiger partial charge in [0.25, 0.3) is 11.8 Å². The third-order valence-corrected chi connectivity index (χ3v) is 11.5. The van der Waals surface area contributed by atoms with E-state index >= 15 is 0 Å². The van der Waals surface area contributed by atoms with Gasteiger partial charge < -0.3 is 19.9 Å². The Labute approximate surface area is 318 Å². The Morgan fingerprint density at radius 3 is 2.55 bits per heavy atom. The molecule has 0 bridgehead atoms. The lowest BCUT2D eigenvalue weighted by Crippen LogP contribution is -2.45. The molecule has 2 N–H and O–H groups in total. The summed E-state index contributed by atoms with van der Waals surface area (Å²) in [6.07, 6.45) is 6.20. The first-order valence-corrected chi connectivity index (χ1v) is 18.8. The third-order valence-electron chi connectivity index (χ3n) is 11.5. The molecule has 1 unspecified atom stereocenters. The van der Waals surface area contributed by atoms with Crippen molar-refractivity contribution >= 4 is 45.8 Å². The summed E-state index contributed by atoms with van der Waals surface area (Å²) < 4.78 is 50.3. The van der Waals surface area contributed by atoms with E-state index in [4.69, 9.17) is 0 Å². The van der Waals surface area contributed by atoms with E-state index in [0.717, 1.165) is 56.5 Å². The molecule has 296 valence electrons. The predicted octanol–water partition coefficient (Wildman–Crippen LogP) is 4.04. The van der Waals surface area contributed by atoms with Crippen molar-refractivity contribution in [1.82, 2.24) is 43.7 Å². The highest BCUT2D eigenvalue weighted by atomic mass is 19.4. The Hall–Kier alpha value is -5.72. The van der Waals surface area contributed by atoms with Crippen molar-refractivity contribution in [3.8, 4) is 5.88 Å². The van der Waals surface area contributed by atoms with Crippen LogP contribution in [0.1, 0.15) is 73.8 Å². The van der Waals surface area contributed by atoms with E-state index in [1.54, 1.807) is 23.9 Å². The molecule has 1 atom stereocenters. The van der Waals surface area contributed by atoms with Gasteiger partial charge in [-0.1, -0.05) is 6.07 Å². The second kappa shape index (κ2) is 14.7. The molecule has 6 heterocycles. The molecule has 19 heteroatoms. The fourth-order valence-electron chi connectivity index (χ4n) is 8.61. The number of hydrogen-bond donors (Lipinski definition) is 2. The largest absolute Gasteiger partial charge is 0.574 e. The van der Waals surface area contributed by atoms with E-state index in [9.17, 15) is 32.3 Å². The maximum Gasteiger partial charge on any atom is 0.574 e. The van der Waals surface area contributed by atoms with E-state index in [2.05, 4.69) is 47.4 Å². The lowest BCUT2D eigenvalue weighted by molar-refractivity contribution is -0.276. The Balaban J connectivity index is 0.878. The minimum absolute atomic E-state index is 0.0950. The molecule has 1 saturated carbocycles. The van der Waals surface area contributed by atoms with Crippen LogP contribution in [0.5, 0.6) is 5.88 Å². The monoisotopic (exact) mass is 777 g/mol. The number of amides is 3. The first kappa shape index (κ1) is 37.2. The molecule has 8 rings (SSSR count). The number of ether oxygens (including phenoxy) is 1. The molecule has 3 fully saturated rings. The van der Waals surface area contributed by atoms with E-state index in [-0.39, 0.29) is 47.4 Å². The molecule has 2 saturated heterocycles. The number of fused-ring (bicyclic) bond motifs is 2. The second-order valence-electron chi connectivity index (χ2n) is 14.9. The lowest BCUT2D eigenvalue weighted by Gasteiger charge is -2.40. The topological polar surface area (TPSA) is 166 Å². The van der Waals surface area contributed by atoms with E-state index in [1.165, 1.54) is 32.4 Å². The van der Waals surface area contributed by atoms with Crippen molar-refractivity contribution in [2.45, 2.75) is 75.9 Å². The van der Waals surface area contributed by atoms with Crippen LogP contribution in [-0.4, -0.2) is 95.2 Å². The first-order valence-electron chi connectivity index (χ1n) is 18.8. The molecule has 16 nitrogen and oxygen atoms in total. The van der Waals surface area contributed by atoms with Crippen LogP contribution >= 0.6 is 0 Å². The number of carbonyl (C=O) groups excluding carboxylic acids is 3. The van der Waals surface area contributed by atoms with Gasteiger partial charge in [0.15, 0.2) is 5.65 Å². The standard InChI is InChI=1S/C37H42F3N11O5/c1-46(23-13-17-48(18-14-23)27-5-3-6-28-31(27)47(2)36(55)51(28)29-11-12-30(52)44-34(29)54)20-22-7-9-24(10-8-22)50-21-26(35(45-50)56-37(38,39)40)43-33(53)25-19-42-49-16-4-15-41-32(25)49/h3-6,15-16,19,21-24,29H,7-14,17-18,20H2,1-2H3,(H,43,53)(H,44,52,54). The number of aryl methyl sites for hydroxylation is 1. The number of para-hydroxylation sites is 1. The van der Waals surface area contributed by atoms with Crippen molar-refractivity contribution in [1.29, 1.82) is 0 Å². The summed E-state index contributed by atoms with van der Waals surface area (Å²) in [5.74, 6) is -1.81. The highest BCUT2D eigenvalue weighted by Crippen LogP contribution is 2.37. The molecule has 3 amide bonds. The van der Waals surface area contributed by atoms with Gasteiger partial charge in [0.1, 0.15) is 17.3 Å². The fraction of sp³-hybridized carbons (Fsp3) is 0.486. The van der Waals surface area contributed by atoms with Gasteiger partial charge in [-0.05, 0) is 76.1 Å². The summed E-state index contributed by atoms with van der Waals surface area (Å²) in [4.78, 5) is 59.8. The number of hydrogen-bond acceptors (Lipinski definition) is 10. The lowest BCUT2D eigenvalue weighted by atomic mass is 9.85. The van der Waals surface area contributed by atoms with Gasteiger partial charge in [-0.15, -0.1) is 18.3 Å². The zero-order chi connectivity index (χ0) is 39.3. The van der Waals surface area contributed by atoms with Gasteiger partial charge in [0.2, 0.25) is 11.8 Å². The molecular formula is C37H42F3N11O5. The number of carbonyl (C=O) groups is 3. The van der Waals surface area contributed by atoms with Gasteiger partial charge in [-0.3, -0.25) is 33.5 Å². The number of aromatic nitrogens is 7. The summed E-state index contributed by atoms with van der Waals surface area (Å²) in [7, 11) is 3.85. The number of nitrogens with one attached hydrogen (secondary N) is 2. The number of rotatable bonds is 9. The number of halogens is 3. The zero-order valence-corrected chi connectivity index (χ0v) is 30.9. The number of nitrogens with zero attached hydrogens (tertiary/aromatic N) is 9. The molecule has 3 aliphatic rings. The van der Waals surface area contributed by atoms with Crippen LogP contribution in [0.3, 0.4) is 0 Å². The van der Waals surface area contributed by atoms with E-state index in [1.807, 2.05) is 18.2 Å². The summed E-state index contributed by atoms with van der Waals surface area (Å²) in [5, 5.41) is 13.1. The van der Waals surface area contributed by atoms with Crippen LogP contribution in [0.4, 0.5) is 24.5 Å². The maximum absolute atomic E-state index is 13.4. The molecule has 5 aromatic rings. The van der Waals surface area contributed by atoms with Gasteiger partial charge in [-0.25, -0.2) is 14.3 Å². The Morgan fingerprint density at radius 2 is 1.82 bits per heavy atom. The quantitative estimate of drug-likeness (QED) is 0.209. The van der Waals surface area contributed by atoms with Gasteiger partial charge >= 0.3 is 12.1 Å². The first-order chi connectivity index (χ1) is 26.8. The van der Waals surface area contributed by atoms with Crippen LogP contribution in [0.15, 0.2) is 53.8 Å². The molecular weight excluding hydrogens is 735 g/mol. The summed E-state index contributed by atoms with van der Waals surface area (Å²) in [6, 6.07) is 6.84. The number of anilines is 2. The Kier molecular flexibility index (Phi) is 9.80. The van der Waals surface area contributed by atoms with Crippen LogP contribution in [-0.2, 0) is 16.6 Å². The zero-order valence-electron chi connectivity index (χ0n) is 30.9. The molecule has 56 heavy (non-hydrogen) atoms. The number of imide groups is 1. The summed E-state index contributed by atoms with van der Waals surface area (Å²) >= 11 is 0. The normalized spacial score (nSPS) is 21.2. The fourth-order valence-corrected chi connectivity index (χ4v) is 8.61. The predicted molar refractivity (Wildman–Crippen MR) is 197 cm³/mol. The second-order valence-corrected chi connectivity index (χ2v) is 14.9. The minimum Gasteiger partial charge on any atom is -0.384 e. The van der Waals surface area contributed by atoms with Crippen LogP contribution in [0, 0.1) is 5.92 Å². The number of benzene rings is 1. The third kappa shape index (κ3) is 7.22. The molecule has 2 aliphatic heterocycles. The average Bonchev–Trinajstić information content (AvgIpc) is 3.85. The van der Waals surface area contributed by atoms with Gasteiger partial charge in [0, 0.05) is 51.5 Å². The molecule has 0 spiro atoms. The van der Waals surface area contributed by atoms with Crippen molar-refractivity contribution < 1.29 is 32.3 Å².